The first-order valence-electron chi connectivity index (χ1n) is 9.10. The Labute approximate surface area is 144 Å². The molecule has 0 aromatic rings. The van der Waals surface area contributed by atoms with E-state index in [-0.39, 0.29) is 23.5 Å². The van der Waals surface area contributed by atoms with Gasteiger partial charge in [0.1, 0.15) is 5.78 Å². The van der Waals surface area contributed by atoms with Crippen LogP contribution >= 0.6 is 0 Å². The lowest BCUT2D eigenvalue weighted by atomic mass is 9.39. The normalized spacial score (nSPS) is 38.6. The van der Waals surface area contributed by atoms with Crippen molar-refractivity contribution in [2.45, 2.75) is 71.3 Å². The maximum absolute atomic E-state index is 13.0. The topological polar surface area (TPSA) is 60.4 Å². The number of hydrogen-bond acceptors (Lipinski definition) is 4. The van der Waals surface area contributed by atoms with Crippen LogP contribution in [-0.2, 0) is 19.1 Å². The molecule has 0 aliphatic heterocycles. The predicted molar refractivity (Wildman–Crippen MR) is 90.2 cm³/mol. The van der Waals surface area contributed by atoms with Gasteiger partial charge in [0.2, 0.25) is 0 Å². The van der Waals surface area contributed by atoms with E-state index in [0.29, 0.717) is 38.0 Å². The standard InChI is InChI=1S/C20H28O4/c1-5-8-18(3,4)17(23)24-20-12-14-10-13(2)11-16(22)19(14,20)9-6-7-15(20)21/h5,13-14H,1,6-12H2,2-4H3/t13-,14-,19+,20-/m1/s1. The third kappa shape index (κ3) is 2.14. The number of ketones is 2. The van der Waals surface area contributed by atoms with Crippen LogP contribution < -0.4 is 0 Å². The van der Waals surface area contributed by atoms with Crippen LogP contribution in [0.25, 0.3) is 0 Å². The third-order valence-electron chi connectivity index (χ3n) is 6.57. The molecule has 1 spiro atoms. The van der Waals surface area contributed by atoms with Gasteiger partial charge in [0.25, 0.3) is 0 Å². The van der Waals surface area contributed by atoms with Crippen LogP contribution in [0.3, 0.4) is 0 Å². The van der Waals surface area contributed by atoms with E-state index in [9.17, 15) is 14.4 Å². The summed E-state index contributed by atoms with van der Waals surface area (Å²) in [6.07, 6.45) is 5.97. The lowest BCUT2D eigenvalue weighted by molar-refractivity contribution is -0.247. The summed E-state index contributed by atoms with van der Waals surface area (Å²) in [5.74, 6) is 0.252. The van der Waals surface area contributed by atoms with Gasteiger partial charge < -0.3 is 4.74 Å². The molecule has 4 heteroatoms. The molecule has 3 aliphatic carbocycles. The molecule has 0 unspecified atom stereocenters. The van der Waals surface area contributed by atoms with Gasteiger partial charge in [0.15, 0.2) is 11.4 Å². The number of allylic oxidation sites excluding steroid dienone is 1. The number of carbonyl (C=O) groups is 3. The molecule has 0 amide bonds. The molecule has 4 nitrogen and oxygen atoms in total. The van der Waals surface area contributed by atoms with Crippen molar-refractivity contribution in [3.05, 3.63) is 12.7 Å². The van der Waals surface area contributed by atoms with Gasteiger partial charge in [-0.25, -0.2) is 0 Å². The van der Waals surface area contributed by atoms with Crippen molar-refractivity contribution in [2.75, 3.05) is 0 Å². The highest BCUT2D eigenvalue weighted by molar-refractivity contribution is 6.03. The molecular weight excluding hydrogens is 304 g/mol. The minimum Gasteiger partial charge on any atom is -0.450 e. The highest BCUT2D eigenvalue weighted by Crippen LogP contribution is 2.67. The van der Waals surface area contributed by atoms with Crippen LogP contribution in [0.1, 0.15) is 65.7 Å². The van der Waals surface area contributed by atoms with E-state index in [4.69, 9.17) is 4.74 Å². The Bertz CT molecular complexity index is 605. The van der Waals surface area contributed by atoms with Gasteiger partial charge in [0.05, 0.1) is 10.8 Å². The monoisotopic (exact) mass is 332 g/mol. The predicted octanol–water partition coefficient (Wildman–Crippen LogP) is 3.63. The number of Topliss-reactive ketones (excluding diaryl/α,β-unsaturated/α-hetero) is 2. The number of rotatable bonds is 4. The molecule has 132 valence electrons. The van der Waals surface area contributed by atoms with Crippen molar-refractivity contribution in [2.24, 2.45) is 22.7 Å². The Morgan fingerprint density at radius 2 is 2.08 bits per heavy atom. The fourth-order valence-corrected chi connectivity index (χ4v) is 5.28. The summed E-state index contributed by atoms with van der Waals surface area (Å²) >= 11 is 0. The smallest absolute Gasteiger partial charge is 0.312 e. The first-order chi connectivity index (χ1) is 11.2. The van der Waals surface area contributed by atoms with Crippen molar-refractivity contribution in [1.82, 2.24) is 0 Å². The lowest BCUT2D eigenvalue weighted by Crippen LogP contribution is -2.75. The molecule has 3 rings (SSSR count). The third-order valence-corrected chi connectivity index (χ3v) is 6.57. The van der Waals surface area contributed by atoms with Gasteiger partial charge in [-0.15, -0.1) is 6.58 Å². The summed E-state index contributed by atoms with van der Waals surface area (Å²) in [5.41, 5.74) is -2.66. The second-order valence-electron chi connectivity index (χ2n) is 8.71. The van der Waals surface area contributed by atoms with Gasteiger partial charge >= 0.3 is 5.97 Å². The molecule has 0 heterocycles. The number of carbonyl (C=O) groups excluding carboxylic acids is 3. The lowest BCUT2D eigenvalue weighted by Gasteiger charge is -2.65. The highest BCUT2D eigenvalue weighted by Gasteiger charge is 2.76. The molecule has 0 saturated heterocycles. The zero-order valence-corrected chi connectivity index (χ0v) is 15.0. The van der Waals surface area contributed by atoms with E-state index in [1.54, 1.807) is 19.9 Å². The fourth-order valence-electron chi connectivity index (χ4n) is 5.28. The van der Waals surface area contributed by atoms with E-state index in [1.807, 2.05) is 0 Å². The summed E-state index contributed by atoms with van der Waals surface area (Å²) < 4.78 is 5.92. The SMILES string of the molecule is C=CCC(C)(C)C(=O)O[C@@]12C[C@H]3C[C@@H](C)CC(=O)[C@]31CCCC2=O. The molecule has 3 saturated carbocycles. The number of hydrogen-bond donors (Lipinski definition) is 0. The van der Waals surface area contributed by atoms with Crippen LogP contribution in [0.5, 0.6) is 0 Å². The van der Waals surface area contributed by atoms with Crippen molar-refractivity contribution < 1.29 is 19.1 Å². The van der Waals surface area contributed by atoms with E-state index >= 15 is 0 Å². The molecular formula is C20H28O4. The first kappa shape index (κ1) is 17.4. The molecule has 4 atom stereocenters. The Morgan fingerprint density at radius 1 is 1.38 bits per heavy atom. The van der Waals surface area contributed by atoms with Crippen LogP contribution in [-0.4, -0.2) is 23.1 Å². The van der Waals surface area contributed by atoms with Crippen LogP contribution in [0.15, 0.2) is 12.7 Å². The zero-order valence-electron chi connectivity index (χ0n) is 15.0. The molecule has 0 aromatic heterocycles. The summed E-state index contributed by atoms with van der Waals surface area (Å²) in [7, 11) is 0. The maximum atomic E-state index is 13.0. The minimum atomic E-state index is -1.19. The first-order valence-corrected chi connectivity index (χ1v) is 9.10. The van der Waals surface area contributed by atoms with Gasteiger partial charge in [-0.05, 0) is 57.8 Å². The van der Waals surface area contributed by atoms with Crippen molar-refractivity contribution in [3.63, 3.8) is 0 Å². The fraction of sp³-hybridized carbons (Fsp3) is 0.750. The van der Waals surface area contributed by atoms with E-state index in [1.165, 1.54) is 0 Å². The van der Waals surface area contributed by atoms with Gasteiger partial charge in [-0.1, -0.05) is 13.0 Å². The molecule has 0 bridgehead atoms. The second kappa shape index (κ2) is 5.53. The Morgan fingerprint density at radius 3 is 2.71 bits per heavy atom. The summed E-state index contributed by atoms with van der Waals surface area (Å²) in [6.45, 7) is 9.38. The van der Waals surface area contributed by atoms with Crippen molar-refractivity contribution in [3.8, 4) is 0 Å². The van der Waals surface area contributed by atoms with Gasteiger partial charge in [-0.2, -0.15) is 0 Å². The van der Waals surface area contributed by atoms with Gasteiger partial charge in [-0.3, -0.25) is 14.4 Å². The van der Waals surface area contributed by atoms with Crippen molar-refractivity contribution >= 4 is 17.5 Å². The quantitative estimate of drug-likeness (QED) is 0.582. The van der Waals surface area contributed by atoms with Gasteiger partial charge in [0, 0.05) is 12.8 Å². The summed E-state index contributed by atoms with van der Waals surface area (Å²) in [4.78, 5) is 38.6. The zero-order chi connectivity index (χ0) is 17.8. The Balaban J connectivity index is 1.94. The van der Waals surface area contributed by atoms with Crippen LogP contribution in [0.4, 0.5) is 0 Å². The minimum absolute atomic E-state index is 0.0457. The average Bonchev–Trinajstić information content (AvgIpc) is 2.46. The van der Waals surface area contributed by atoms with E-state index in [0.717, 1.165) is 12.8 Å². The molecule has 3 fully saturated rings. The molecule has 0 N–H and O–H groups in total. The maximum Gasteiger partial charge on any atom is 0.312 e. The molecule has 24 heavy (non-hydrogen) atoms. The molecule has 3 aliphatic rings. The molecule has 0 radical (unpaired) electrons. The second-order valence-corrected chi connectivity index (χ2v) is 8.71. The van der Waals surface area contributed by atoms with E-state index in [2.05, 4.69) is 13.5 Å². The summed E-state index contributed by atoms with van der Waals surface area (Å²) in [5, 5.41) is 0. The largest absolute Gasteiger partial charge is 0.450 e. The van der Waals surface area contributed by atoms with E-state index < -0.39 is 16.4 Å². The Hall–Kier alpha value is -1.45. The average molecular weight is 332 g/mol. The van der Waals surface area contributed by atoms with Crippen LogP contribution in [0, 0.1) is 22.7 Å². The number of esters is 1. The summed E-state index contributed by atoms with van der Waals surface area (Å²) in [6, 6.07) is 0. The molecule has 0 aromatic carbocycles. The number of ether oxygens (including phenoxy) is 1. The van der Waals surface area contributed by atoms with Crippen LogP contribution in [0.2, 0.25) is 0 Å². The van der Waals surface area contributed by atoms with Crippen molar-refractivity contribution in [1.29, 1.82) is 0 Å². The Kier molecular flexibility index (Phi) is 4.01. The highest BCUT2D eigenvalue weighted by atomic mass is 16.6.